The van der Waals surface area contributed by atoms with E-state index < -0.39 is 21.1 Å². The summed E-state index contributed by atoms with van der Waals surface area (Å²) in [4.78, 5) is 39.0. The van der Waals surface area contributed by atoms with Crippen molar-refractivity contribution in [3.8, 4) is 0 Å². The van der Waals surface area contributed by atoms with E-state index in [0.29, 0.717) is 17.7 Å². The highest BCUT2D eigenvalue weighted by atomic mass is 32.2. The van der Waals surface area contributed by atoms with E-state index in [-0.39, 0.29) is 36.3 Å². The highest BCUT2D eigenvalue weighted by molar-refractivity contribution is 7.91. The molecular weight excluding hydrogens is 298 g/mol. The molecule has 0 aromatic carbocycles. The number of aromatic nitrogens is 2. The Labute approximate surface area is 120 Å². The van der Waals surface area contributed by atoms with Crippen molar-refractivity contribution >= 4 is 15.7 Å². The van der Waals surface area contributed by atoms with Crippen molar-refractivity contribution in [1.29, 1.82) is 0 Å². The van der Waals surface area contributed by atoms with Crippen LogP contribution >= 0.6 is 0 Å². The van der Waals surface area contributed by atoms with Crippen molar-refractivity contribution in [3.63, 3.8) is 0 Å². The molecule has 1 aliphatic heterocycles. The number of sulfone groups is 1. The average Bonchev–Trinajstić information content (AvgIpc) is 2.67. The summed E-state index contributed by atoms with van der Waals surface area (Å²) >= 11 is 0. The molecule has 8 nitrogen and oxygen atoms in total. The third kappa shape index (κ3) is 4.03. The normalized spacial score (nSPS) is 20.3. The van der Waals surface area contributed by atoms with E-state index in [9.17, 15) is 22.8 Å². The number of H-pyrrole nitrogens is 2. The molecule has 0 spiro atoms. The zero-order valence-electron chi connectivity index (χ0n) is 11.6. The van der Waals surface area contributed by atoms with E-state index in [2.05, 4.69) is 15.3 Å². The molecule has 1 amide bonds. The lowest BCUT2D eigenvalue weighted by Crippen LogP contribution is -2.36. The van der Waals surface area contributed by atoms with Gasteiger partial charge in [-0.1, -0.05) is 0 Å². The van der Waals surface area contributed by atoms with Crippen LogP contribution in [0.1, 0.15) is 24.1 Å². The van der Waals surface area contributed by atoms with Crippen LogP contribution < -0.4 is 16.6 Å². The minimum absolute atomic E-state index is 0.0307. The van der Waals surface area contributed by atoms with Crippen LogP contribution in [-0.2, 0) is 21.1 Å². The molecule has 0 aliphatic carbocycles. The Kier molecular flexibility index (Phi) is 4.31. The van der Waals surface area contributed by atoms with Gasteiger partial charge in [0, 0.05) is 23.7 Å². The number of aryl methyl sites for hydroxylation is 1. The predicted octanol–water partition coefficient (Wildman–Crippen LogP) is -1.39. The van der Waals surface area contributed by atoms with Crippen LogP contribution in [0.4, 0.5) is 0 Å². The Balaban J connectivity index is 1.93. The maximum atomic E-state index is 11.8. The first-order valence-electron chi connectivity index (χ1n) is 6.59. The van der Waals surface area contributed by atoms with Crippen LogP contribution in [0.2, 0.25) is 0 Å². The number of rotatable bonds is 4. The Hall–Kier alpha value is -1.90. The van der Waals surface area contributed by atoms with E-state index >= 15 is 0 Å². The number of nitrogens with one attached hydrogen (secondary N) is 3. The van der Waals surface area contributed by atoms with Crippen LogP contribution in [0.15, 0.2) is 9.59 Å². The van der Waals surface area contributed by atoms with Crippen molar-refractivity contribution < 1.29 is 13.2 Å². The van der Waals surface area contributed by atoms with E-state index in [0.717, 1.165) is 0 Å². The van der Waals surface area contributed by atoms with Gasteiger partial charge >= 0.3 is 5.69 Å². The Morgan fingerprint density at radius 1 is 1.33 bits per heavy atom. The second-order valence-electron chi connectivity index (χ2n) is 5.18. The van der Waals surface area contributed by atoms with Gasteiger partial charge in [0.25, 0.3) is 5.56 Å². The van der Waals surface area contributed by atoms with Gasteiger partial charge in [-0.05, 0) is 19.8 Å². The highest BCUT2D eigenvalue weighted by Gasteiger charge is 2.28. The number of amides is 1. The van der Waals surface area contributed by atoms with Gasteiger partial charge in [-0.2, -0.15) is 0 Å². The molecule has 1 fully saturated rings. The van der Waals surface area contributed by atoms with Crippen molar-refractivity contribution in [2.75, 3.05) is 11.5 Å². The first-order chi connectivity index (χ1) is 9.77. The zero-order valence-corrected chi connectivity index (χ0v) is 12.4. The topological polar surface area (TPSA) is 129 Å². The number of carbonyl (C=O) groups excluding carboxylic acids is 1. The van der Waals surface area contributed by atoms with Gasteiger partial charge in [0.1, 0.15) is 0 Å². The maximum absolute atomic E-state index is 11.8. The van der Waals surface area contributed by atoms with E-state index in [4.69, 9.17) is 0 Å². The summed E-state index contributed by atoms with van der Waals surface area (Å²) in [6, 6.07) is -0.350. The SMILES string of the molecule is Cc1[nH]c(=O)[nH]c(=O)c1CCC(=O)NC1CCS(=O)(=O)C1. The fraction of sp³-hybridized carbons (Fsp3) is 0.583. The van der Waals surface area contributed by atoms with E-state index in [1.54, 1.807) is 6.92 Å². The van der Waals surface area contributed by atoms with E-state index in [1.165, 1.54) is 0 Å². The summed E-state index contributed by atoms with van der Waals surface area (Å²) < 4.78 is 22.6. The molecule has 1 unspecified atom stereocenters. The number of aromatic amines is 2. The lowest BCUT2D eigenvalue weighted by molar-refractivity contribution is -0.121. The zero-order chi connectivity index (χ0) is 15.6. The number of carbonyl (C=O) groups is 1. The Morgan fingerprint density at radius 3 is 2.62 bits per heavy atom. The molecule has 21 heavy (non-hydrogen) atoms. The monoisotopic (exact) mass is 315 g/mol. The summed E-state index contributed by atoms with van der Waals surface area (Å²) in [5.74, 6) is -0.240. The Bertz CT molecular complexity index is 762. The summed E-state index contributed by atoms with van der Waals surface area (Å²) in [5.41, 5.74) is -0.307. The van der Waals surface area contributed by atoms with Gasteiger partial charge < -0.3 is 10.3 Å². The molecule has 3 N–H and O–H groups in total. The lowest BCUT2D eigenvalue weighted by atomic mass is 10.1. The number of hydrogen-bond acceptors (Lipinski definition) is 5. The predicted molar refractivity (Wildman–Crippen MR) is 75.9 cm³/mol. The van der Waals surface area contributed by atoms with Crippen molar-refractivity contribution in [3.05, 3.63) is 32.1 Å². The smallest absolute Gasteiger partial charge is 0.325 e. The summed E-state index contributed by atoms with van der Waals surface area (Å²) in [6.07, 6.45) is 0.669. The quantitative estimate of drug-likeness (QED) is 0.630. The second-order valence-corrected chi connectivity index (χ2v) is 7.41. The molecule has 1 aromatic rings. The molecule has 1 atom stereocenters. The molecule has 1 aliphatic rings. The van der Waals surface area contributed by atoms with Crippen molar-refractivity contribution in [2.45, 2.75) is 32.2 Å². The Morgan fingerprint density at radius 2 is 2.05 bits per heavy atom. The molecule has 2 rings (SSSR count). The minimum atomic E-state index is -3.04. The molecule has 0 bridgehead atoms. The molecule has 0 saturated carbocycles. The summed E-state index contributed by atoms with van der Waals surface area (Å²) in [6.45, 7) is 1.59. The van der Waals surface area contributed by atoms with Gasteiger partial charge in [0.2, 0.25) is 5.91 Å². The van der Waals surface area contributed by atoms with Gasteiger partial charge in [-0.15, -0.1) is 0 Å². The molecule has 0 radical (unpaired) electrons. The molecule has 1 saturated heterocycles. The third-order valence-electron chi connectivity index (χ3n) is 3.45. The first-order valence-corrected chi connectivity index (χ1v) is 8.41. The van der Waals surface area contributed by atoms with Gasteiger partial charge in [-0.3, -0.25) is 14.6 Å². The molecule has 116 valence electrons. The van der Waals surface area contributed by atoms with Gasteiger partial charge in [0.15, 0.2) is 9.84 Å². The van der Waals surface area contributed by atoms with Crippen LogP contribution in [0, 0.1) is 6.92 Å². The molecular formula is C12H17N3O5S. The van der Waals surface area contributed by atoms with Crippen molar-refractivity contribution in [1.82, 2.24) is 15.3 Å². The van der Waals surface area contributed by atoms with Crippen LogP contribution in [0.25, 0.3) is 0 Å². The maximum Gasteiger partial charge on any atom is 0.325 e. The largest absolute Gasteiger partial charge is 0.352 e. The fourth-order valence-electron chi connectivity index (χ4n) is 2.37. The third-order valence-corrected chi connectivity index (χ3v) is 5.22. The summed E-state index contributed by atoms with van der Waals surface area (Å²) in [5, 5.41) is 2.65. The second kappa shape index (κ2) is 5.84. The lowest BCUT2D eigenvalue weighted by Gasteiger charge is -2.10. The average molecular weight is 315 g/mol. The molecule has 1 aromatic heterocycles. The van der Waals surface area contributed by atoms with Crippen LogP contribution in [0.3, 0.4) is 0 Å². The van der Waals surface area contributed by atoms with Crippen LogP contribution in [-0.4, -0.2) is 41.8 Å². The highest BCUT2D eigenvalue weighted by Crippen LogP contribution is 2.11. The standard InChI is InChI=1S/C12H17N3O5S/c1-7-9(11(17)15-12(18)13-7)2-3-10(16)14-8-4-5-21(19,20)6-8/h8H,2-6H2,1H3,(H,14,16)(H2,13,15,17,18). The minimum Gasteiger partial charge on any atom is -0.352 e. The molecule has 2 heterocycles. The van der Waals surface area contributed by atoms with Crippen molar-refractivity contribution in [2.24, 2.45) is 0 Å². The molecule has 9 heteroatoms. The summed E-state index contributed by atoms with van der Waals surface area (Å²) in [7, 11) is -3.04. The fourth-order valence-corrected chi connectivity index (χ4v) is 4.05. The van der Waals surface area contributed by atoms with Gasteiger partial charge in [-0.25, -0.2) is 13.2 Å². The van der Waals surface area contributed by atoms with Crippen LogP contribution in [0.5, 0.6) is 0 Å². The van der Waals surface area contributed by atoms with Gasteiger partial charge in [0.05, 0.1) is 11.5 Å². The number of hydrogen-bond donors (Lipinski definition) is 3. The van der Waals surface area contributed by atoms with E-state index in [1.807, 2.05) is 0 Å². The first kappa shape index (κ1) is 15.5.